The summed E-state index contributed by atoms with van der Waals surface area (Å²) in [4.78, 5) is 3.40. The average Bonchev–Trinajstić information content (AvgIpc) is 2.50. The van der Waals surface area contributed by atoms with Crippen LogP contribution in [-0.2, 0) is 6.54 Å². The third-order valence-electron chi connectivity index (χ3n) is 2.30. The summed E-state index contributed by atoms with van der Waals surface area (Å²) in [5, 5.41) is 7.23. The number of hydrogen-bond acceptors (Lipinski definition) is 3. The second-order valence-corrected chi connectivity index (χ2v) is 5.50. The monoisotopic (exact) mass is 245 g/mol. The number of nitrogens with two attached hydrogens (primary N) is 1. The molecule has 0 amide bonds. The maximum Gasteiger partial charge on any atom is 0.0931 e. The van der Waals surface area contributed by atoms with Crippen LogP contribution in [0.5, 0.6) is 0 Å². The molecule has 1 heterocycles. The van der Waals surface area contributed by atoms with Gasteiger partial charge in [0.25, 0.3) is 0 Å². The first-order valence-electron chi connectivity index (χ1n) is 4.76. The third kappa shape index (κ3) is 4.20. The molecule has 0 spiro atoms. The van der Waals surface area contributed by atoms with Crippen molar-refractivity contribution in [3.63, 3.8) is 0 Å². The van der Waals surface area contributed by atoms with Crippen LogP contribution in [0.4, 0.5) is 0 Å². The summed E-state index contributed by atoms with van der Waals surface area (Å²) in [5.41, 5.74) is 5.37. The Morgan fingerprint density at radius 3 is 2.80 bits per heavy atom. The largest absolute Gasteiger partial charge is 0.388 e. The predicted molar refractivity (Wildman–Crippen MR) is 66.8 cm³/mol. The van der Waals surface area contributed by atoms with Crippen molar-refractivity contribution in [2.75, 3.05) is 7.05 Å². The van der Waals surface area contributed by atoms with Gasteiger partial charge < -0.3 is 5.73 Å². The fourth-order valence-electron chi connectivity index (χ4n) is 1.31. The fourth-order valence-corrected chi connectivity index (χ4v) is 2.46. The molecule has 0 aromatic carbocycles. The normalized spacial score (nSPS) is 13.1. The number of nitrogens with one attached hydrogen (secondary N) is 1. The molecule has 0 aliphatic rings. The van der Waals surface area contributed by atoms with Gasteiger partial charge in [0.2, 0.25) is 0 Å². The minimum absolute atomic E-state index is 0.235. The Morgan fingerprint density at radius 2 is 2.33 bits per heavy atom. The Morgan fingerprint density at radius 1 is 1.67 bits per heavy atom. The quantitative estimate of drug-likeness (QED) is 0.619. The van der Waals surface area contributed by atoms with E-state index in [1.807, 2.05) is 19.2 Å². The Hall–Kier alpha value is -0.580. The van der Waals surface area contributed by atoms with Crippen molar-refractivity contribution < 1.29 is 0 Å². The fraction of sp³-hybridized carbons (Fsp3) is 0.500. The summed E-state index contributed by atoms with van der Waals surface area (Å²) in [6.07, 6.45) is 0.607. The molecule has 3 N–H and O–H groups in total. The van der Waals surface area contributed by atoms with Gasteiger partial charge in [-0.3, -0.25) is 10.3 Å². The van der Waals surface area contributed by atoms with Crippen LogP contribution in [0.15, 0.2) is 12.1 Å². The molecule has 1 atom stereocenters. The topological polar surface area (TPSA) is 53.1 Å². The van der Waals surface area contributed by atoms with Gasteiger partial charge in [-0.1, -0.05) is 11.6 Å². The van der Waals surface area contributed by atoms with Crippen LogP contribution in [0.1, 0.15) is 18.2 Å². The summed E-state index contributed by atoms with van der Waals surface area (Å²) in [5.74, 6) is 0.235. The van der Waals surface area contributed by atoms with Gasteiger partial charge in [-0.2, -0.15) is 0 Å². The van der Waals surface area contributed by atoms with Crippen molar-refractivity contribution in [3.05, 3.63) is 21.3 Å². The van der Waals surface area contributed by atoms with Crippen LogP contribution in [-0.4, -0.2) is 23.8 Å². The smallest absolute Gasteiger partial charge is 0.0931 e. The van der Waals surface area contributed by atoms with E-state index in [4.69, 9.17) is 22.7 Å². The average molecular weight is 246 g/mol. The SMILES string of the molecule is CC(CC(=N)N)N(C)Cc1ccc(Cl)s1. The van der Waals surface area contributed by atoms with Gasteiger partial charge in [0, 0.05) is 23.9 Å². The standard InChI is InChI=1S/C10H16ClN3S/c1-7(5-10(12)13)14(2)6-8-3-4-9(11)15-8/h3-4,7H,5-6H2,1-2H3,(H3,12,13). The highest BCUT2D eigenvalue weighted by molar-refractivity contribution is 7.16. The molecular formula is C10H16ClN3S. The zero-order valence-electron chi connectivity index (χ0n) is 8.96. The lowest BCUT2D eigenvalue weighted by atomic mass is 10.2. The molecule has 0 saturated carbocycles. The van der Waals surface area contributed by atoms with Crippen LogP contribution >= 0.6 is 22.9 Å². The van der Waals surface area contributed by atoms with Gasteiger partial charge in [-0.15, -0.1) is 11.3 Å². The number of thiophene rings is 1. The van der Waals surface area contributed by atoms with Gasteiger partial charge in [0.05, 0.1) is 10.2 Å². The van der Waals surface area contributed by atoms with E-state index in [1.54, 1.807) is 11.3 Å². The summed E-state index contributed by atoms with van der Waals surface area (Å²) < 4.78 is 0.817. The lowest BCUT2D eigenvalue weighted by molar-refractivity contribution is 0.256. The van der Waals surface area contributed by atoms with Crippen molar-refractivity contribution in [2.45, 2.75) is 25.9 Å². The van der Waals surface area contributed by atoms with E-state index in [0.29, 0.717) is 6.42 Å². The van der Waals surface area contributed by atoms with E-state index in [2.05, 4.69) is 11.8 Å². The minimum Gasteiger partial charge on any atom is -0.388 e. The lowest BCUT2D eigenvalue weighted by Gasteiger charge is -2.23. The Balaban J connectivity index is 2.47. The van der Waals surface area contributed by atoms with Crippen molar-refractivity contribution in [1.29, 1.82) is 5.41 Å². The maximum atomic E-state index is 7.23. The molecule has 1 aromatic heterocycles. The zero-order valence-corrected chi connectivity index (χ0v) is 10.5. The predicted octanol–water partition coefficient (Wildman–Crippen LogP) is 2.55. The molecule has 1 rings (SSSR count). The van der Waals surface area contributed by atoms with Gasteiger partial charge in [-0.05, 0) is 26.1 Å². The number of hydrogen-bond donors (Lipinski definition) is 2. The van der Waals surface area contributed by atoms with Crippen LogP contribution in [0, 0.1) is 5.41 Å². The van der Waals surface area contributed by atoms with E-state index in [0.717, 1.165) is 10.9 Å². The number of amidine groups is 1. The second-order valence-electron chi connectivity index (χ2n) is 3.70. The van der Waals surface area contributed by atoms with E-state index in [9.17, 15) is 0 Å². The first-order valence-corrected chi connectivity index (χ1v) is 5.96. The van der Waals surface area contributed by atoms with Gasteiger partial charge in [-0.25, -0.2) is 0 Å². The molecule has 0 bridgehead atoms. The van der Waals surface area contributed by atoms with Crippen molar-refractivity contribution in [2.24, 2.45) is 5.73 Å². The van der Waals surface area contributed by atoms with E-state index < -0.39 is 0 Å². The first kappa shape index (κ1) is 12.5. The number of nitrogens with zero attached hydrogens (tertiary/aromatic N) is 1. The van der Waals surface area contributed by atoms with Crippen LogP contribution in [0.3, 0.4) is 0 Å². The molecule has 5 heteroatoms. The van der Waals surface area contributed by atoms with Gasteiger partial charge >= 0.3 is 0 Å². The molecule has 0 fully saturated rings. The molecule has 84 valence electrons. The minimum atomic E-state index is 0.235. The van der Waals surface area contributed by atoms with E-state index in [1.165, 1.54) is 4.88 Å². The van der Waals surface area contributed by atoms with Crippen molar-refractivity contribution >= 4 is 28.8 Å². The molecule has 0 aliphatic carbocycles. The van der Waals surface area contributed by atoms with Gasteiger partial charge in [0.15, 0.2) is 0 Å². The van der Waals surface area contributed by atoms with E-state index >= 15 is 0 Å². The Bertz CT molecular complexity index is 337. The summed E-state index contributed by atoms with van der Waals surface area (Å²) in [6.45, 7) is 2.92. The molecule has 1 unspecified atom stereocenters. The second kappa shape index (κ2) is 5.49. The Labute approximate surface area is 99.3 Å². The van der Waals surface area contributed by atoms with Crippen molar-refractivity contribution in [1.82, 2.24) is 4.90 Å². The Kier molecular flexibility index (Phi) is 4.57. The van der Waals surface area contributed by atoms with Crippen LogP contribution < -0.4 is 5.73 Å². The molecular weight excluding hydrogens is 230 g/mol. The molecule has 3 nitrogen and oxygen atoms in total. The van der Waals surface area contributed by atoms with Gasteiger partial charge in [0.1, 0.15) is 0 Å². The van der Waals surface area contributed by atoms with Crippen molar-refractivity contribution in [3.8, 4) is 0 Å². The summed E-state index contributed by atoms with van der Waals surface area (Å²) in [7, 11) is 2.03. The highest BCUT2D eigenvalue weighted by Crippen LogP contribution is 2.23. The third-order valence-corrected chi connectivity index (χ3v) is 3.52. The van der Waals surface area contributed by atoms with E-state index in [-0.39, 0.29) is 11.9 Å². The lowest BCUT2D eigenvalue weighted by Crippen LogP contribution is -2.32. The number of rotatable bonds is 5. The highest BCUT2D eigenvalue weighted by Gasteiger charge is 2.11. The van der Waals surface area contributed by atoms with Crippen LogP contribution in [0.2, 0.25) is 4.34 Å². The first-order chi connectivity index (χ1) is 6.99. The zero-order chi connectivity index (χ0) is 11.4. The molecule has 1 aromatic rings. The molecule has 0 saturated heterocycles. The summed E-state index contributed by atoms with van der Waals surface area (Å²) >= 11 is 7.44. The summed E-state index contributed by atoms with van der Waals surface area (Å²) in [6, 6.07) is 4.22. The number of halogens is 1. The molecule has 0 radical (unpaired) electrons. The maximum absolute atomic E-state index is 7.23. The molecule has 15 heavy (non-hydrogen) atoms. The molecule has 0 aliphatic heterocycles. The van der Waals surface area contributed by atoms with Crippen LogP contribution in [0.25, 0.3) is 0 Å². The highest BCUT2D eigenvalue weighted by atomic mass is 35.5.